The summed E-state index contributed by atoms with van der Waals surface area (Å²) in [7, 11) is 0. The van der Waals surface area contributed by atoms with Gasteiger partial charge in [-0.2, -0.15) is 0 Å². The first-order valence-electron chi connectivity index (χ1n) is 6.54. The zero-order valence-corrected chi connectivity index (χ0v) is 10.5. The van der Waals surface area contributed by atoms with Gasteiger partial charge in [0.15, 0.2) is 0 Å². The van der Waals surface area contributed by atoms with Crippen LogP contribution in [0.4, 0.5) is 0 Å². The summed E-state index contributed by atoms with van der Waals surface area (Å²) in [5.74, 6) is 0.113. The quantitative estimate of drug-likeness (QED) is 0.790. The number of nitrogens with one attached hydrogen (secondary N) is 2. The van der Waals surface area contributed by atoms with Crippen molar-refractivity contribution in [3.63, 3.8) is 0 Å². The predicted molar refractivity (Wildman–Crippen MR) is 70.1 cm³/mol. The molecule has 0 saturated carbocycles. The summed E-state index contributed by atoms with van der Waals surface area (Å²) >= 11 is 0. The van der Waals surface area contributed by atoms with Crippen LogP contribution in [0.5, 0.6) is 0 Å². The average Bonchev–Trinajstić information content (AvgIpc) is 2.78. The molecule has 2 saturated heterocycles. The second kappa shape index (κ2) is 4.71. The summed E-state index contributed by atoms with van der Waals surface area (Å²) in [4.78, 5) is 13.6. The molecule has 4 nitrogen and oxygen atoms in total. The second-order valence-electron chi connectivity index (χ2n) is 5.36. The van der Waals surface area contributed by atoms with Crippen molar-refractivity contribution in [2.75, 3.05) is 26.2 Å². The zero-order chi connectivity index (χ0) is 12.4. The van der Waals surface area contributed by atoms with E-state index in [1.54, 1.807) is 0 Å². The summed E-state index contributed by atoms with van der Waals surface area (Å²) in [6.07, 6.45) is 1.11. The fraction of sp³-hybridized carbons (Fsp3) is 0.500. The number of piperazine rings is 1. The number of carbonyl (C=O) groups is 1. The molecule has 1 unspecified atom stereocenters. The molecular weight excluding hydrogens is 226 g/mol. The van der Waals surface area contributed by atoms with E-state index in [2.05, 4.69) is 39.8 Å². The van der Waals surface area contributed by atoms with Gasteiger partial charge in [0, 0.05) is 26.2 Å². The van der Waals surface area contributed by atoms with Crippen LogP contribution in [0.15, 0.2) is 30.3 Å². The lowest BCUT2D eigenvalue weighted by molar-refractivity contribution is -0.122. The van der Waals surface area contributed by atoms with Gasteiger partial charge in [-0.25, -0.2) is 0 Å². The monoisotopic (exact) mass is 245 g/mol. The maximum Gasteiger partial charge on any atom is 0.234 e. The van der Waals surface area contributed by atoms with Crippen molar-refractivity contribution < 1.29 is 4.79 Å². The van der Waals surface area contributed by atoms with E-state index in [4.69, 9.17) is 0 Å². The van der Waals surface area contributed by atoms with E-state index >= 15 is 0 Å². The largest absolute Gasteiger partial charge is 0.353 e. The minimum Gasteiger partial charge on any atom is -0.353 e. The van der Waals surface area contributed by atoms with Gasteiger partial charge in [-0.05, 0) is 12.0 Å². The smallest absolute Gasteiger partial charge is 0.234 e. The molecule has 4 heteroatoms. The summed E-state index contributed by atoms with van der Waals surface area (Å²) in [6, 6.07) is 10.6. The first kappa shape index (κ1) is 11.7. The van der Waals surface area contributed by atoms with Crippen LogP contribution >= 0.6 is 0 Å². The van der Waals surface area contributed by atoms with E-state index < -0.39 is 0 Å². The fourth-order valence-corrected chi connectivity index (χ4v) is 2.88. The SMILES string of the molecule is O=C1CNC2(CCN(Cc3ccccc3)C2)CN1. The van der Waals surface area contributed by atoms with Crippen LogP contribution in [0.2, 0.25) is 0 Å². The molecule has 2 heterocycles. The molecule has 2 aliphatic rings. The van der Waals surface area contributed by atoms with Crippen molar-refractivity contribution in [2.45, 2.75) is 18.5 Å². The van der Waals surface area contributed by atoms with Crippen molar-refractivity contribution >= 4 is 5.91 Å². The number of rotatable bonds is 2. The van der Waals surface area contributed by atoms with Crippen LogP contribution in [-0.4, -0.2) is 42.5 Å². The molecular formula is C14H19N3O. The molecule has 1 spiro atoms. The molecule has 1 atom stereocenters. The summed E-state index contributed by atoms with van der Waals surface area (Å²) < 4.78 is 0. The Morgan fingerprint density at radius 1 is 1.28 bits per heavy atom. The predicted octanol–water partition coefficient (Wildman–Crippen LogP) is 0.350. The van der Waals surface area contributed by atoms with E-state index in [9.17, 15) is 4.79 Å². The number of benzene rings is 1. The maximum atomic E-state index is 11.2. The third kappa shape index (κ3) is 2.40. The normalized spacial score (nSPS) is 28.6. The van der Waals surface area contributed by atoms with Crippen molar-refractivity contribution in [3.05, 3.63) is 35.9 Å². The lowest BCUT2D eigenvalue weighted by Crippen LogP contribution is -2.62. The number of nitrogens with zero attached hydrogens (tertiary/aromatic N) is 1. The average molecular weight is 245 g/mol. The lowest BCUT2D eigenvalue weighted by atomic mass is 9.96. The summed E-state index contributed by atoms with van der Waals surface area (Å²) in [5.41, 5.74) is 1.46. The van der Waals surface area contributed by atoms with Gasteiger partial charge in [-0.1, -0.05) is 30.3 Å². The molecule has 2 N–H and O–H groups in total. The highest BCUT2D eigenvalue weighted by molar-refractivity contribution is 5.79. The van der Waals surface area contributed by atoms with E-state index in [1.165, 1.54) is 5.56 Å². The van der Waals surface area contributed by atoms with Crippen LogP contribution < -0.4 is 10.6 Å². The summed E-state index contributed by atoms with van der Waals surface area (Å²) in [5, 5.41) is 6.38. The molecule has 0 aromatic heterocycles. The highest BCUT2D eigenvalue weighted by Gasteiger charge is 2.40. The lowest BCUT2D eigenvalue weighted by Gasteiger charge is -2.34. The Bertz CT molecular complexity index is 422. The van der Waals surface area contributed by atoms with Crippen LogP contribution in [0.3, 0.4) is 0 Å². The minimum absolute atomic E-state index is 0.0999. The molecule has 2 aliphatic heterocycles. The van der Waals surface area contributed by atoms with E-state index in [1.807, 2.05) is 6.07 Å². The third-order valence-electron chi connectivity index (χ3n) is 3.93. The van der Waals surface area contributed by atoms with Gasteiger partial charge in [0.1, 0.15) is 0 Å². The molecule has 96 valence electrons. The molecule has 0 bridgehead atoms. The molecule has 1 amide bonds. The fourth-order valence-electron chi connectivity index (χ4n) is 2.88. The Morgan fingerprint density at radius 3 is 2.83 bits per heavy atom. The number of hydrogen-bond acceptors (Lipinski definition) is 3. The zero-order valence-electron chi connectivity index (χ0n) is 10.5. The molecule has 0 aliphatic carbocycles. The third-order valence-corrected chi connectivity index (χ3v) is 3.93. The van der Waals surface area contributed by atoms with E-state index in [-0.39, 0.29) is 11.4 Å². The van der Waals surface area contributed by atoms with Gasteiger partial charge >= 0.3 is 0 Å². The maximum absolute atomic E-state index is 11.2. The molecule has 0 radical (unpaired) electrons. The van der Waals surface area contributed by atoms with Crippen molar-refractivity contribution in [3.8, 4) is 0 Å². The molecule has 1 aromatic carbocycles. The second-order valence-corrected chi connectivity index (χ2v) is 5.36. The molecule has 18 heavy (non-hydrogen) atoms. The van der Waals surface area contributed by atoms with Gasteiger partial charge in [0.2, 0.25) is 5.91 Å². The highest BCUT2D eigenvalue weighted by atomic mass is 16.2. The van der Waals surface area contributed by atoms with Crippen LogP contribution in [0.25, 0.3) is 0 Å². The van der Waals surface area contributed by atoms with Crippen molar-refractivity contribution in [2.24, 2.45) is 0 Å². The Morgan fingerprint density at radius 2 is 2.11 bits per heavy atom. The molecule has 2 fully saturated rings. The van der Waals surface area contributed by atoms with Gasteiger partial charge in [0.05, 0.1) is 12.1 Å². The van der Waals surface area contributed by atoms with E-state index in [0.717, 1.165) is 32.6 Å². The van der Waals surface area contributed by atoms with Gasteiger partial charge in [0.25, 0.3) is 0 Å². The van der Waals surface area contributed by atoms with Crippen LogP contribution in [-0.2, 0) is 11.3 Å². The highest BCUT2D eigenvalue weighted by Crippen LogP contribution is 2.23. The number of amides is 1. The standard InChI is InChI=1S/C14H19N3O/c18-13-8-16-14(10-15-13)6-7-17(11-14)9-12-4-2-1-3-5-12/h1-5,16H,6-11H2,(H,15,18). The Hall–Kier alpha value is -1.39. The van der Waals surface area contributed by atoms with E-state index in [0.29, 0.717) is 6.54 Å². The number of hydrogen-bond donors (Lipinski definition) is 2. The van der Waals surface area contributed by atoms with Crippen LogP contribution in [0.1, 0.15) is 12.0 Å². The Balaban J connectivity index is 1.60. The van der Waals surface area contributed by atoms with Crippen molar-refractivity contribution in [1.29, 1.82) is 0 Å². The molecule has 1 aromatic rings. The van der Waals surface area contributed by atoms with Gasteiger partial charge in [-0.3, -0.25) is 15.0 Å². The van der Waals surface area contributed by atoms with Crippen molar-refractivity contribution in [1.82, 2.24) is 15.5 Å². The van der Waals surface area contributed by atoms with Gasteiger partial charge < -0.3 is 5.32 Å². The molecule has 3 rings (SSSR count). The first-order valence-corrected chi connectivity index (χ1v) is 6.54. The minimum atomic E-state index is 0.0999. The Kier molecular flexibility index (Phi) is 3.06. The number of carbonyl (C=O) groups excluding carboxylic acids is 1. The first-order chi connectivity index (χ1) is 8.76. The van der Waals surface area contributed by atoms with Crippen LogP contribution in [0, 0.1) is 0 Å². The number of likely N-dealkylation sites (tertiary alicyclic amines) is 1. The summed E-state index contributed by atoms with van der Waals surface area (Å²) in [6.45, 7) is 4.33. The Labute approximate surface area is 107 Å². The van der Waals surface area contributed by atoms with Gasteiger partial charge in [-0.15, -0.1) is 0 Å². The topological polar surface area (TPSA) is 44.4 Å².